The van der Waals surface area contributed by atoms with Crippen molar-refractivity contribution in [2.75, 3.05) is 11.9 Å². The molecule has 4 rings (SSSR count). The Morgan fingerprint density at radius 1 is 0.853 bits per heavy atom. The van der Waals surface area contributed by atoms with Crippen LogP contribution >= 0.6 is 0 Å². The molecule has 0 heterocycles. The Balaban J connectivity index is 1.53. The summed E-state index contributed by atoms with van der Waals surface area (Å²) in [5, 5.41) is 4.65. The minimum absolute atomic E-state index is 0.171. The Morgan fingerprint density at radius 3 is 2.32 bits per heavy atom. The fraction of sp³-hybridized carbons (Fsp3) is 0.148. The second-order valence-corrected chi connectivity index (χ2v) is 7.55. The van der Waals surface area contributed by atoms with Gasteiger partial charge in [0.25, 0.3) is 5.91 Å². The third kappa shape index (κ3) is 5.31. The fourth-order valence-electron chi connectivity index (χ4n) is 3.55. The first-order valence-corrected chi connectivity index (χ1v) is 10.7. The van der Waals surface area contributed by atoms with Gasteiger partial charge < -0.3 is 14.8 Å². The Kier molecular flexibility index (Phi) is 6.72. The predicted octanol–water partition coefficient (Wildman–Crippen LogP) is 7.09. The average molecular weight is 465 g/mol. The SMILES string of the molecule is CCOc1ccc(C(=O)Nc2ccc(C(F)(F)F)cc2)cc1COc1cccc2ccccc12. The van der Waals surface area contributed by atoms with E-state index in [1.165, 1.54) is 12.1 Å². The van der Waals surface area contributed by atoms with Gasteiger partial charge in [0, 0.05) is 22.2 Å². The average Bonchev–Trinajstić information content (AvgIpc) is 2.83. The molecule has 0 radical (unpaired) electrons. The molecule has 0 atom stereocenters. The number of rotatable bonds is 7. The molecule has 1 amide bonds. The molecule has 7 heteroatoms. The highest BCUT2D eigenvalue weighted by Crippen LogP contribution is 2.30. The second kappa shape index (κ2) is 9.87. The zero-order chi connectivity index (χ0) is 24.1. The highest BCUT2D eigenvalue weighted by Gasteiger charge is 2.30. The van der Waals surface area contributed by atoms with Crippen LogP contribution < -0.4 is 14.8 Å². The van der Waals surface area contributed by atoms with Gasteiger partial charge in [-0.15, -0.1) is 0 Å². The first kappa shape index (κ1) is 23.2. The zero-order valence-electron chi connectivity index (χ0n) is 18.4. The molecule has 0 fully saturated rings. The van der Waals surface area contributed by atoms with Crippen molar-refractivity contribution in [3.63, 3.8) is 0 Å². The monoisotopic (exact) mass is 465 g/mol. The van der Waals surface area contributed by atoms with E-state index in [0.29, 0.717) is 29.2 Å². The number of ether oxygens (including phenoxy) is 2. The molecule has 0 aliphatic rings. The number of nitrogens with one attached hydrogen (secondary N) is 1. The molecule has 4 aromatic rings. The molecule has 1 N–H and O–H groups in total. The molecule has 0 saturated carbocycles. The van der Waals surface area contributed by atoms with Crippen LogP contribution in [0.3, 0.4) is 0 Å². The van der Waals surface area contributed by atoms with Crippen molar-refractivity contribution >= 4 is 22.4 Å². The van der Waals surface area contributed by atoms with Crippen molar-refractivity contribution in [3.05, 3.63) is 102 Å². The number of hydrogen-bond donors (Lipinski definition) is 1. The minimum Gasteiger partial charge on any atom is -0.493 e. The van der Waals surface area contributed by atoms with Crippen LogP contribution in [-0.2, 0) is 12.8 Å². The van der Waals surface area contributed by atoms with Crippen LogP contribution in [0.15, 0.2) is 84.9 Å². The van der Waals surface area contributed by atoms with E-state index >= 15 is 0 Å². The number of carbonyl (C=O) groups excluding carboxylic acids is 1. The quantitative estimate of drug-likeness (QED) is 0.317. The number of hydrogen-bond acceptors (Lipinski definition) is 3. The third-order valence-corrected chi connectivity index (χ3v) is 5.23. The first-order chi connectivity index (χ1) is 16.3. The van der Waals surface area contributed by atoms with Gasteiger partial charge >= 0.3 is 6.18 Å². The lowest BCUT2D eigenvalue weighted by atomic mass is 10.1. The molecule has 0 aliphatic heterocycles. The van der Waals surface area contributed by atoms with Crippen molar-refractivity contribution in [2.24, 2.45) is 0 Å². The van der Waals surface area contributed by atoms with Gasteiger partial charge in [0.1, 0.15) is 18.1 Å². The van der Waals surface area contributed by atoms with E-state index in [4.69, 9.17) is 9.47 Å². The van der Waals surface area contributed by atoms with E-state index < -0.39 is 17.6 Å². The molecule has 0 aliphatic carbocycles. The van der Waals surface area contributed by atoms with Gasteiger partial charge in [-0.25, -0.2) is 0 Å². The van der Waals surface area contributed by atoms with Gasteiger partial charge in [0.05, 0.1) is 12.2 Å². The van der Waals surface area contributed by atoms with Crippen LogP contribution in [0.1, 0.15) is 28.4 Å². The van der Waals surface area contributed by atoms with E-state index in [1.807, 2.05) is 49.4 Å². The van der Waals surface area contributed by atoms with Crippen LogP contribution in [0.4, 0.5) is 18.9 Å². The summed E-state index contributed by atoms with van der Waals surface area (Å²) in [6.07, 6.45) is -4.43. The molecular formula is C27H22F3NO3. The topological polar surface area (TPSA) is 47.6 Å². The summed E-state index contributed by atoms with van der Waals surface area (Å²) in [5.74, 6) is 0.850. The molecule has 174 valence electrons. The number of carbonyl (C=O) groups is 1. The summed E-state index contributed by atoms with van der Waals surface area (Å²) in [7, 11) is 0. The number of halogens is 3. The Labute approximate surface area is 194 Å². The summed E-state index contributed by atoms with van der Waals surface area (Å²) in [6, 6.07) is 22.9. The van der Waals surface area contributed by atoms with E-state index in [9.17, 15) is 18.0 Å². The van der Waals surface area contributed by atoms with E-state index in [-0.39, 0.29) is 12.3 Å². The third-order valence-electron chi connectivity index (χ3n) is 5.23. The Morgan fingerprint density at radius 2 is 1.59 bits per heavy atom. The molecule has 0 bridgehead atoms. The maximum Gasteiger partial charge on any atom is 0.416 e. The summed E-state index contributed by atoms with van der Waals surface area (Å²) >= 11 is 0. The second-order valence-electron chi connectivity index (χ2n) is 7.55. The lowest BCUT2D eigenvalue weighted by Gasteiger charge is -2.15. The zero-order valence-corrected chi connectivity index (χ0v) is 18.4. The highest BCUT2D eigenvalue weighted by molar-refractivity contribution is 6.04. The van der Waals surface area contributed by atoms with Crippen molar-refractivity contribution < 1.29 is 27.4 Å². The fourth-order valence-corrected chi connectivity index (χ4v) is 3.55. The Hall–Kier alpha value is -4.00. The molecule has 0 spiro atoms. The van der Waals surface area contributed by atoms with Crippen LogP contribution in [0, 0.1) is 0 Å². The number of amides is 1. The van der Waals surface area contributed by atoms with Gasteiger partial charge in [0.2, 0.25) is 0 Å². The van der Waals surface area contributed by atoms with Crippen LogP contribution in [0.5, 0.6) is 11.5 Å². The molecule has 0 unspecified atom stereocenters. The van der Waals surface area contributed by atoms with Crippen molar-refractivity contribution in [2.45, 2.75) is 19.7 Å². The van der Waals surface area contributed by atoms with E-state index in [0.717, 1.165) is 22.9 Å². The van der Waals surface area contributed by atoms with Crippen molar-refractivity contribution in [1.29, 1.82) is 0 Å². The van der Waals surface area contributed by atoms with Gasteiger partial charge in [-0.2, -0.15) is 13.2 Å². The van der Waals surface area contributed by atoms with Crippen molar-refractivity contribution in [3.8, 4) is 11.5 Å². The van der Waals surface area contributed by atoms with Gasteiger partial charge in [0.15, 0.2) is 0 Å². The largest absolute Gasteiger partial charge is 0.493 e. The number of alkyl halides is 3. The van der Waals surface area contributed by atoms with E-state index in [1.54, 1.807) is 18.2 Å². The smallest absolute Gasteiger partial charge is 0.416 e. The molecule has 0 saturated heterocycles. The molecule has 4 aromatic carbocycles. The summed E-state index contributed by atoms with van der Waals surface area (Å²) in [4.78, 5) is 12.8. The van der Waals surface area contributed by atoms with E-state index in [2.05, 4.69) is 5.32 Å². The highest BCUT2D eigenvalue weighted by atomic mass is 19.4. The molecule has 4 nitrogen and oxygen atoms in total. The molecule has 0 aromatic heterocycles. The maximum atomic E-state index is 12.8. The first-order valence-electron chi connectivity index (χ1n) is 10.7. The summed E-state index contributed by atoms with van der Waals surface area (Å²) < 4.78 is 50.1. The number of benzene rings is 4. The molecule has 34 heavy (non-hydrogen) atoms. The number of fused-ring (bicyclic) bond motifs is 1. The van der Waals surface area contributed by atoms with Crippen LogP contribution in [-0.4, -0.2) is 12.5 Å². The molecular weight excluding hydrogens is 443 g/mol. The Bertz CT molecular complexity index is 1300. The van der Waals surface area contributed by atoms with Crippen molar-refractivity contribution in [1.82, 2.24) is 0 Å². The van der Waals surface area contributed by atoms with Gasteiger partial charge in [-0.1, -0.05) is 36.4 Å². The summed E-state index contributed by atoms with van der Waals surface area (Å²) in [6.45, 7) is 2.48. The van der Waals surface area contributed by atoms with Crippen LogP contribution in [0.25, 0.3) is 10.8 Å². The lowest BCUT2D eigenvalue weighted by molar-refractivity contribution is -0.137. The van der Waals surface area contributed by atoms with Gasteiger partial charge in [-0.3, -0.25) is 4.79 Å². The number of anilines is 1. The van der Waals surface area contributed by atoms with Crippen LogP contribution in [0.2, 0.25) is 0 Å². The minimum atomic E-state index is -4.43. The maximum absolute atomic E-state index is 12.8. The summed E-state index contributed by atoms with van der Waals surface area (Å²) in [5.41, 5.74) is 0.495. The lowest BCUT2D eigenvalue weighted by Crippen LogP contribution is -2.13. The predicted molar refractivity (Wildman–Crippen MR) is 125 cm³/mol. The van der Waals surface area contributed by atoms with Gasteiger partial charge in [-0.05, 0) is 60.8 Å². The standard InChI is InChI=1S/C27H22F3NO3/c1-2-33-24-15-10-19(26(32)31-22-13-11-21(12-14-22)27(28,29)30)16-20(24)17-34-25-9-5-7-18-6-3-4-8-23(18)25/h3-16H,2,17H2,1H3,(H,31,32). The normalized spacial score (nSPS) is 11.3.